The quantitative estimate of drug-likeness (QED) is 0.131. The second-order valence-electron chi connectivity index (χ2n) is 10.3. The first-order chi connectivity index (χ1) is 18.4. The van der Waals surface area contributed by atoms with E-state index in [4.69, 9.17) is 9.15 Å². The number of benzene rings is 2. The Morgan fingerprint density at radius 3 is 2.05 bits per heavy atom. The highest BCUT2D eigenvalue weighted by atomic mass is 35.5. The standard InChI is InChI=1S/C33H45NO4.ClH/c1-6-9-14-29-31(28-23-27(33(36)37-5)24(4)22-30(28)38-29)32(35)26-17-15-25(16-18-26)13-12-21-34(19-10-7-2)20-11-8-3;/h15-18,22-23H,6-14,19-21H2,1-5H3;1H. The molecule has 0 aliphatic heterocycles. The molecule has 0 saturated heterocycles. The lowest BCUT2D eigenvalue weighted by Crippen LogP contribution is -2.27. The minimum atomic E-state index is -0.411. The van der Waals surface area contributed by atoms with Crippen LogP contribution in [-0.4, -0.2) is 43.4 Å². The fraction of sp³-hybridized carbons (Fsp3) is 0.515. The van der Waals surface area contributed by atoms with Gasteiger partial charge in [-0.2, -0.15) is 0 Å². The Bertz CT molecular complexity index is 1190. The van der Waals surface area contributed by atoms with E-state index in [1.807, 2.05) is 25.1 Å². The van der Waals surface area contributed by atoms with Gasteiger partial charge in [0.1, 0.15) is 11.3 Å². The molecule has 0 N–H and O–H groups in total. The van der Waals surface area contributed by atoms with Crippen LogP contribution in [0.15, 0.2) is 40.8 Å². The summed E-state index contributed by atoms with van der Waals surface area (Å²) < 4.78 is 11.1. The zero-order chi connectivity index (χ0) is 27.5. The molecule has 0 atom stereocenters. The van der Waals surface area contributed by atoms with E-state index >= 15 is 0 Å². The van der Waals surface area contributed by atoms with Gasteiger partial charge in [0, 0.05) is 17.4 Å². The lowest BCUT2D eigenvalue weighted by Gasteiger charge is -2.21. The Balaban J connectivity index is 0.00000533. The Hall–Kier alpha value is -2.63. The Kier molecular flexibility index (Phi) is 13.8. The first kappa shape index (κ1) is 32.6. The first-order valence-electron chi connectivity index (χ1n) is 14.4. The number of fused-ring (bicyclic) bond motifs is 1. The molecule has 5 nitrogen and oxygen atoms in total. The average Bonchev–Trinajstić information content (AvgIpc) is 3.28. The number of hydrogen-bond acceptors (Lipinski definition) is 5. The Morgan fingerprint density at radius 1 is 0.846 bits per heavy atom. The van der Waals surface area contributed by atoms with Crippen LogP contribution in [0.25, 0.3) is 11.0 Å². The van der Waals surface area contributed by atoms with Crippen LogP contribution in [0.5, 0.6) is 0 Å². The Morgan fingerprint density at radius 2 is 1.46 bits per heavy atom. The number of methoxy groups -OCH3 is 1. The lowest BCUT2D eigenvalue weighted by molar-refractivity contribution is 0.0600. The van der Waals surface area contributed by atoms with Gasteiger partial charge in [-0.1, -0.05) is 64.3 Å². The van der Waals surface area contributed by atoms with Gasteiger partial charge in [-0.15, -0.1) is 12.4 Å². The third-order valence-corrected chi connectivity index (χ3v) is 7.31. The fourth-order valence-electron chi connectivity index (χ4n) is 4.96. The van der Waals surface area contributed by atoms with E-state index < -0.39 is 5.97 Å². The number of carbonyl (C=O) groups is 2. The van der Waals surface area contributed by atoms with Crippen molar-refractivity contribution in [3.8, 4) is 0 Å². The largest absolute Gasteiger partial charge is 0.465 e. The number of aryl methyl sites for hydroxylation is 3. The molecule has 0 radical (unpaired) electrons. The number of rotatable bonds is 16. The van der Waals surface area contributed by atoms with Crippen molar-refractivity contribution in [1.82, 2.24) is 4.90 Å². The molecule has 1 heterocycles. The van der Waals surface area contributed by atoms with E-state index in [9.17, 15) is 9.59 Å². The van der Waals surface area contributed by atoms with Gasteiger partial charge in [0.25, 0.3) is 0 Å². The normalized spacial score (nSPS) is 11.1. The molecule has 0 aliphatic rings. The van der Waals surface area contributed by atoms with Crippen molar-refractivity contribution in [3.05, 3.63) is 70.0 Å². The zero-order valence-electron chi connectivity index (χ0n) is 24.4. The van der Waals surface area contributed by atoms with Crippen molar-refractivity contribution in [2.75, 3.05) is 26.7 Å². The molecular weight excluding hydrogens is 510 g/mol. The van der Waals surface area contributed by atoms with Gasteiger partial charge in [0.05, 0.1) is 18.2 Å². The summed E-state index contributed by atoms with van der Waals surface area (Å²) in [6.45, 7) is 11.9. The number of nitrogens with zero attached hydrogens (tertiary/aromatic N) is 1. The highest BCUT2D eigenvalue weighted by Gasteiger charge is 2.24. The number of hydrogen-bond donors (Lipinski definition) is 0. The van der Waals surface area contributed by atoms with Gasteiger partial charge in [0.2, 0.25) is 0 Å². The van der Waals surface area contributed by atoms with Crippen LogP contribution in [0, 0.1) is 6.92 Å². The molecule has 0 aliphatic carbocycles. The summed E-state index contributed by atoms with van der Waals surface area (Å²) in [5.74, 6) is 0.217. The first-order valence-corrected chi connectivity index (χ1v) is 14.4. The molecule has 3 rings (SSSR count). The van der Waals surface area contributed by atoms with Gasteiger partial charge >= 0.3 is 5.97 Å². The van der Waals surface area contributed by atoms with Crippen LogP contribution in [0.4, 0.5) is 0 Å². The topological polar surface area (TPSA) is 59.8 Å². The maximum atomic E-state index is 13.8. The second kappa shape index (κ2) is 16.5. The van der Waals surface area contributed by atoms with Gasteiger partial charge in [-0.05, 0) is 81.9 Å². The van der Waals surface area contributed by atoms with Crippen molar-refractivity contribution >= 4 is 35.1 Å². The third-order valence-electron chi connectivity index (χ3n) is 7.31. The Labute approximate surface area is 240 Å². The molecule has 0 saturated carbocycles. The van der Waals surface area contributed by atoms with Gasteiger partial charge in [0.15, 0.2) is 5.78 Å². The van der Waals surface area contributed by atoms with Crippen LogP contribution in [0.2, 0.25) is 0 Å². The van der Waals surface area contributed by atoms with E-state index in [1.54, 1.807) is 6.07 Å². The summed E-state index contributed by atoms with van der Waals surface area (Å²) >= 11 is 0. The molecule has 0 fully saturated rings. The van der Waals surface area contributed by atoms with E-state index in [0.29, 0.717) is 39.8 Å². The number of ketones is 1. The summed E-state index contributed by atoms with van der Waals surface area (Å²) in [5.41, 5.74) is 4.32. The summed E-state index contributed by atoms with van der Waals surface area (Å²) in [6, 6.07) is 11.6. The lowest BCUT2D eigenvalue weighted by atomic mass is 9.95. The molecule has 0 unspecified atom stereocenters. The van der Waals surface area contributed by atoms with Crippen molar-refractivity contribution in [1.29, 1.82) is 0 Å². The molecule has 39 heavy (non-hydrogen) atoms. The van der Waals surface area contributed by atoms with E-state index in [1.165, 1.54) is 51.4 Å². The maximum Gasteiger partial charge on any atom is 0.338 e. The molecule has 6 heteroatoms. The van der Waals surface area contributed by atoms with Gasteiger partial charge < -0.3 is 14.1 Å². The SMILES string of the molecule is CCCCc1oc2cc(C)c(C(=O)OC)cc2c1C(=O)c1ccc(CCCN(CCCC)CCCC)cc1.Cl. The monoisotopic (exact) mass is 555 g/mol. The zero-order valence-corrected chi connectivity index (χ0v) is 25.3. The smallest absolute Gasteiger partial charge is 0.338 e. The number of halogens is 1. The summed E-state index contributed by atoms with van der Waals surface area (Å²) in [6.07, 6.45) is 9.69. The maximum absolute atomic E-state index is 13.8. The fourth-order valence-corrected chi connectivity index (χ4v) is 4.96. The molecule has 2 aromatic carbocycles. The van der Waals surface area contributed by atoms with Crippen molar-refractivity contribution in [2.45, 2.75) is 85.5 Å². The van der Waals surface area contributed by atoms with Crippen LogP contribution in [-0.2, 0) is 17.6 Å². The van der Waals surface area contributed by atoms with Crippen molar-refractivity contribution < 1.29 is 18.7 Å². The molecule has 1 aromatic heterocycles. The molecule has 0 amide bonds. The molecule has 3 aromatic rings. The number of unbranched alkanes of at least 4 members (excludes halogenated alkanes) is 3. The van der Waals surface area contributed by atoms with Crippen molar-refractivity contribution in [3.63, 3.8) is 0 Å². The summed E-state index contributed by atoms with van der Waals surface area (Å²) in [4.78, 5) is 28.7. The highest BCUT2D eigenvalue weighted by Crippen LogP contribution is 2.32. The average molecular weight is 556 g/mol. The number of carbonyl (C=O) groups excluding carboxylic acids is 2. The number of esters is 1. The van der Waals surface area contributed by atoms with Gasteiger partial charge in [-0.25, -0.2) is 4.79 Å². The van der Waals surface area contributed by atoms with E-state index in [0.717, 1.165) is 37.8 Å². The van der Waals surface area contributed by atoms with E-state index in [2.05, 4.69) is 37.8 Å². The molecule has 0 bridgehead atoms. The summed E-state index contributed by atoms with van der Waals surface area (Å²) in [7, 11) is 1.37. The number of ether oxygens (including phenoxy) is 1. The summed E-state index contributed by atoms with van der Waals surface area (Å²) in [5, 5.41) is 0.676. The highest BCUT2D eigenvalue weighted by molar-refractivity contribution is 6.17. The third kappa shape index (κ3) is 8.68. The minimum Gasteiger partial charge on any atom is -0.465 e. The van der Waals surface area contributed by atoms with Crippen LogP contribution in [0.1, 0.15) is 109 Å². The molecule has 0 spiro atoms. The number of furan rings is 1. The van der Waals surface area contributed by atoms with Gasteiger partial charge in [-0.3, -0.25) is 4.79 Å². The predicted molar refractivity (Wildman–Crippen MR) is 163 cm³/mol. The molecular formula is C33H46ClNO4. The predicted octanol–water partition coefficient (Wildman–Crippen LogP) is 8.36. The minimum absolute atomic E-state index is 0. The van der Waals surface area contributed by atoms with Crippen molar-refractivity contribution in [2.24, 2.45) is 0 Å². The van der Waals surface area contributed by atoms with Crippen LogP contribution < -0.4 is 0 Å². The molecule has 214 valence electrons. The van der Waals surface area contributed by atoms with E-state index in [-0.39, 0.29) is 18.2 Å². The second-order valence-corrected chi connectivity index (χ2v) is 10.3. The van der Waals surface area contributed by atoms with Crippen LogP contribution in [0.3, 0.4) is 0 Å². The van der Waals surface area contributed by atoms with Crippen LogP contribution >= 0.6 is 12.4 Å².